The number of carbonyl (C=O) groups excluding carboxylic acids is 2. The predicted molar refractivity (Wildman–Crippen MR) is 85.9 cm³/mol. The molecule has 4 rings (SSSR count). The fraction of sp³-hybridized carbons (Fsp3) is 0.438. The molecule has 1 aliphatic heterocycles. The minimum atomic E-state index is -0.304. The van der Waals surface area contributed by atoms with Crippen LogP contribution in [0.4, 0.5) is 0 Å². The van der Waals surface area contributed by atoms with Gasteiger partial charge in [0.05, 0.1) is 23.7 Å². The van der Waals surface area contributed by atoms with E-state index in [1.165, 1.54) is 18.4 Å². The zero-order valence-electron chi connectivity index (χ0n) is 13.1. The first-order valence-corrected chi connectivity index (χ1v) is 8.56. The normalized spacial score (nSPS) is 16.6. The van der Waals surface area contributed by atoms with E-state index < -0.39 is 0 Å². The molecular formula is C16H16N2O5S. The van der Waals surface area contributed by atoms with E-state index in [-0.39, 0.29) is 31.0 Å². The Labute approximate surface area is 141 Å². The summed E-state index contributed by atoms with van der Waals surface area (Å²) < 4.78 is 18.4. The van der Waals surface area contributed by atoms with Gasteiger partial charge in [-0.2, -0.15) is 4.99 Å². The monoisotopic (exact) mass is 348 g/mol. The summed E-state index contributed by atoms with van der Waals surface area (Å²) in [5.74, 6) is 1.01. The molecule has 8 heteroatoms. The Morgan fingerprint density at radius 1 is 1.33 bits per heavy atom. The summed E-state index contributed by atoms with van der Waals surface area (Å²) in [7, 11) is 1.36. The average molecular weight is 348 g/mol. The van der Waals surface area contributed by atoms with Crippen LogP contribution in [0.2, 0.25) is 0 Å². The van der Waals surface area contributed by atoms with Crippen molar-refractivity contribution in [1.82, 2.24) is 4.57 Å². The molecule has 0 saturated heterocycles. The molecule has 2 aliphatic rings. The number of esters is 1. The fourth-order valence-corrected chi connectivity index (χ4v) is 3.65. The van der Waals surface area contributed by atoms with Crippen LogP contribution >= 0.6 is 11.3 Å². The van der Waals surface area contributed by atoms with E-state index in [9.17, 15) is 9.59 Å². The second-order valence-electron chi connectivity index (χ2n) is 5.76. The number of ether oxygens (including phenoxy) is 3. The average Bonchev–Trinajstić information content (AvgIpc) is 3.25. The Morgan fingerprint density at radius 2 is 2.08 bits per heavy atom. The second kappa shape index (κ2) is 5.94. The third-order valence-corrected chi connectivity index (χ3v) is 5.12. The number of aromatic nitrogens is 1. The van der Waals surface area contributed by atoms with Crippen molar-refractivity contribution in [2.24, 2.45) is 10.9 Å². The summed E-state index contributed by atoms with van der Waals surface area (Å²) in [5, 5.41) is 0. The summed E-state index contributed by atoms with van der Waals surface area (Å²) in [4.78, 5) is 28.5. The number of aryl methyl sites for hydroxylation is 1. The van der Waals surface area contributed by atoms with Gasteiger partial charge < -0.3 is 18.8 Å². The van der Waals surface area contributed by atoms with Gasteiger partial charge in [-0.15, -0.1) is 0 Å². The summed E-state index contributed by atoms with van der Waals surface area (Å²) in [6.45, 7) is 0.593. The molecule has 1 fully saturated rings. The zero-order valence-corrected chi connectivity index (χ0v) is 13.9. The Kier molecular flexibility index (Phi) is 3.76. The van der Waals surface area contributed by atoms with Crippen LogP contribution in [0.3, 0.4) is 0 Å². The molecule has 0 atom stereocenters. The van der Waals surface area contributed by atoms with Gasteiger partial charge in [0.2, 0.25) is 6.79 Å². The number of carbonyl (C=O) groups is 2. The predicted octanol–water partition coefficient (Wildman–Crippen LogP) is 1.83. The van der Waals surface area contributed by atoms with Crippen LogP contribution in [0.15, 0.2) is 17.1 Å². The SMILES string of the molecule is COC(=O)CCn1c(=NC(=O)C2CC2)sc2cc3c(cc21)OCO3. The van der Waals surface area contributed by atoms with Crippen molar-refractivity contribution in [3.05, 3.63) is 16.9 Å². The van der Waals surface area contributed by atoms with Crippen molar-refractivity contribution >= 4 is 33.4 Å². The highest BCUT2D eigenvalue weighted by molar-refractivity contribution is 7.16. The van der Waals surface area contributed by atoms with Crippen molar-refractivity contribution in [3.63, 3.8) is 0 Å². The van der Waals surface area contributed by atoms with Crippen molar-refractivity contribution in [1.29, 1.82) is 0 Å². The standard InChI is InChI=1S/C16H16N2O5S/c1-21-14(19)4-5-18-10-6-11-12(23-8-22-11)7-13(10)24-16(18)17-15(20)9-2-3-9/h6-7,9H,2-5,8H2,1H3. The van der Waals surface area contributed by atoms with Crippen LogP contribution in [0.25, 0.3) is 10.2 Å². The summed E-state index contributed by atoms with van der Waals surface area (Å²) in [5.41, 5.74) is 0.871. The van der Waals surface area contributed by atoms with Gasteiger partial charge >= 0.3 is 5.97 Å². The molecule has 2 heterocycles. The van der Waals surface area contributed by atoms with Gasteiger partial charge in [-0.05, 0) is 12.8 Å². The molecule has 2 aromatic rings. The van der Waals surface area contributed by atoms with Crippen molar-refractivity contribution in [3.8, 4) is 11.5 Å². The van der Waals surface area contributed by atoms with Gasteiger partial charge in [-0.3, -0.25) is 9.59 Å². The Hall–Kier alpha value is -2.35. The lowest BCUT2D eigenvalue weighted by Crippen LogP contribution is -2.19. The lowest BCUT2D eigenvalue weighted by Gasteiger charge is -2.05. The Morgan fingerprint density at radius 3 is 2.79 bits per heavy atom. The molecule has 1 aliphatic carbocycles. The molecule has 1 aromatic carbocycles. The molecule has 0 radical (unpaired) electrons. The second-order valence-corrected chi connectivity index (χ2v) is 6.77. The number of rotatable bonds is 4. The minimum Gasteiger partial charge on any atom is -0.469 e. The summed E-state index contributed by atoms with van der Waals surface area (Å²) in [6.07, 6.45) is 2.03. The van der Waals surface area contributed by atoms with Crippen molar-refractivity contribution < 1.29 is 23.8 Å². The van der Waals surface area contributed by atoms with E-state index in [1.807, 2.05) is 16.7 Å². The number of hydrogen-bond acceptors (Lipinski definition) is 6. The molecule has 1 amide bonds. The molecule has 24 heavy (non-hydrogen) atoms. The topological polar surface area (TPSA) is 79.1 Å². The van der Waals surface area contributed by atoms with E-state index in [2.05, 4.69) is 4.99 Å². The molecule has 0 unspecified atom stereocenters. The third-order valence-electron chi connectivity index (χ3n) is 4.08. The molecule has 0 spiro atoms. The maximum Gasteiger partial charge on any atom is 0.307 e. The van der Waals surface area contributed by atoms with Crippen LogP contribution in [0, 0.1) is 5.92 Å². The lowest BCUT2D eigenvalue weighted by molar-refractivity contribution is -0.140. The highest BCUT2D eigenvalue weighted by Crippen LogP contribution is 2.37. The zero-order chi connectivity index (χ0) is 16.7. The van der Waals surface area contributed by atoms with Gasteiger partial charge in [0, 0.05) is 24.6 Å². The lowest BCUT2D eigenvalue weighted by atomic mass is 10.3. The quantitative estimate of drug-likeness (QED) is 0.788. The van der Waals surface area contributed by atoms with Gasteiger partial charge in [0.25, 0.3) is 5.91 Å². The molecule has 7 nitrogen and oxygen atoms in total. The van der Waals surface area contributed by atoms with E-state index in [0.29, 0.717) is 22.8 Å². The first-order valence-electron chi connectivity index (χ1n) is 7.74. The Balaban J connectivity index is 1.80. The maximum absolute atomic E-state index is 12.1. The van der Waals surface area contributed by atoms with Crippen molar-refractivity contribution in [2.45, 2.75) is 25.8 Å². The molecule has 1 aromatic heterocycles. The maximum atomic E-state index is 12.1. The molecule has 1 saturated carbocycles. The number of nitrogens with zero attached hydrogens (tertiary/aromatic N) is 2. The van der Waals surface area contributed by atoms with Gasteiger partial charge in [0.15, 0.2) is 16.3 Å². The number of amides is 1. The molecular weight excluding hydrogens is 332 g/mol. The number of hydrogen-bond donors (Lipinski definition) is 0. The first-order chi connectivity index (χ1) is 11.7. The Bertz CT molecular complexity index is 894. The van der Waals surface area contributed by atoms with Gasteiger partial charge in [-0.25, -0.2) is 0 Å². The minimum absolute atomic E-state index is 0.0564. The third kappa shape index (κ3) is 2.77. The van der Waals surface area contributed by atoms with E-state index >= 15 is 0 Å². The van der Waals surface area contributed by atoms with Crippen molar-refractivity contribution in [2.75, 3.05) is 13.9 Å². The van der Waals surface area contributed by atoms with E-state index in [0.717, 1.165) is 23.1 Å². The van der Waals surface area contributed by atoms with E-state index in [4.69, 9.17) is 14.2 Å². The van der Waals surface area contributed by atoms with Gasteiger partial charge in [-0.1, -0.05) is 11.3 Å². The highest BCUT2D eigenvalue weighted by Gasteiger charge is 2.29. The van der Waals surface area contributed by atoms with Crippen LogP contribution < -0.4 is 14.3 Å². The fourth-order valence-electron chi connectivity index (χ4n) is 2.58. The number of fused-ring (bicyclic) bond motifs is 2. The molecule has 0 N–H and O–H groups in total. The highest BCUT2D eigenvalue weighted by atomic mass is 32.1. The number of methoxy groups -OCH3 is 1. The molecule has 126 valence electrons. The summed E-state index contributed by atoms with van der Waals surface area (Å²) >= 11 is 1.41. The largest absolute Gasteiger partial charge is 0.469 e. The van der Waals surface area contributed by atoms with Crippen LogP contribution in [-0.4, -0.2) is 30.3 Å². The van der Waals surface area contributed by atoms with Gasteiger partial charge in [0.1, 0.15) is 0 Å². The number of thiazole rings is 1. The number of benzene rings is 1. The van der Waals surface area contributed by atoms with Crippen LogP contribution in [0.1, 0.15) is 19.3 Å². The molecule has 0 bridgehead atoms. The van der Waals surface area contributed by atoms with E-state index in [1.54, 1.807) is 0 Å². The smallest absolute Gasteiger partial charge is 0.307 e. The van der Waals surface area contributed by atoms with Crippen LogP contribution in [0.5, 0.6) is 11.5 Å². The first kappa shape index (κ1) is 15.2. The summed E-state index contributed by atoms with van der Waals surface area (Å²) in [6, 6.07) is 3.75. The van der Waals surface area contributed by atoms with Crippen LogP contribution in [-0.2, 0) is 20.9 Å².